The van der Waals surface area contributed by atoms with Gasteiger partial charge in [0.15, 0.2) is 0 Å². The Bertz CT molecular complexity index is 398. The lowest BCUT2D eigenvalue weighted by Crippen LogP contribution is -2.27. The van der Waals surface area contributed by atoms with Crippen LogP contribution in [0.3, 0.4) is 0 Å². The zero-order chi connectivity index (χ0) is 12.8. The monoisotopic (exact) mass is 319 g/mol. The van der Waals surface area contributed by atoms with Crippen molar-refractivity contribution in [2.45, 2.75) is 18.7 Å². The Morgan fingerprint density at radius 2 is 2.29 bits per heavy atom. The summed E-state index contributed by atoms with van der Waals surface area (Å²) in [5.74, 6) is 0.539. The number of alkyl halides is 1. The predicted octanol–water partition coefficient (Wildman–Crippen LogP) is 3.26. The first-order valence-corrected chi connectivity index (χ1v) is 6.58. The molecule has 1 aromatic rings. The average molecular weight is 321 g/mol. The predicted molar refractivity (Wildman–Crippen MR) is 72.6 cm³/mol. The highest BCUT2D eigenvalue weighted by molar-refractivity contribution is 9.10. The number of carbonyl (C=O) groups excluding carboxylic acids is 1. The molecular formula is C12H15BrClNO2. The molecule has 17 heavy (non-hydrogen) atoms. The SMILES string of the molecule is CCCNC(=O)C(Cl)c1ccc(OC)c(Br)c1. The Balaban J connectivity index is 2.78. The molecule has 1 unspecified atom stereocenters. The second-order valence-electron chi connectivity index (χ2n) is 3.55. The number of methoxy groups -OCH3 is 1. The van der Waals surface area contributed by atoms with Gasteiger partial charge in [-0.25, -0.2) is 0 Å². The number of hydrogen-bond donors (Lipinski definition) is 1. The zero-order valence-corrected chi connectivity index (χ0v) is 12.1. The fraction of sp³-hybridized carbons (Fsp3) is 0.417. The molecule has 0 bridgehead atoms. The summed E-state index contributed by atoms with van der Waals surface area (Å²) >= 11 is 9.45. The molecule has 1 amide bonds. The highest BCUT2D eigenvalue weighted by Gasteiger charge is 2.18. The number of rotatable bonds is 5. The first-order chi connectivity index (χ1) is 8.10. The number of halogens is 2. The van der Waals surface area contributed by atoms with Crippen LogP contribution >= 0.6 is 27.5 Å². The number of carbonyl (C=O) groups is 1. The van der Waals surface area contributed by atoms with Crippen molar-refractivity contribution in [1.82, 2.24) is 5.32 Å². The molecule has 0 aliphatic rings. The summed E-state index contributed by atoms with van der Waals surface area (Å²) in [5, 5.41) is 2.08. The smallest absolute Gasteiger partial charge is 0.242 e. The Labute approximate surface area is 115 Å². The van der Waals surface area contributed by atoms with Crippen LogP contribution in [-0.4, -0.2) is 19.6 Å². The van der Waals surface area contributed by atoms with Gasteiger partial charge >= 0.3 is 0 Å². The van der Waals surface area contributed by atoms with Gasteiger partial charge in [0.1, 0.15) is 11.1 Å². The molecule has 0 saturated heterocycles. The van der Waals surface area contributed by atoms with E-state index in [2.05, 4.69) is 21.2 Å². The van der Waals surface area contributed by atoms with Gasteiger partial charge in [0.05, 0.1) is 11.6 Å². The fourth-order valence-corrected chi connectivity index (χ4v) is 2.10. The molecule has 0 radical (unpaired) electrons. The van der Waals surface area contributed by atoms with Crippen molar-refractivity contribution in [3.8, 4) is 5.75 Å². The average Bonchev–Trinajstić information content (AvgIpc) is 2.34. The van der Waals surface area contributed by atoms with E-state index in [-0.39, 0.29) is 5.91 Å². The Hall–Kier alpha value is -0.740. The van der Waals surface area contributed by atoms with Crippen LogP contribution in [0.1, 0.15) is 24.3 Å². The van der Waals surface area contributed by atoms with Crippen LogP contribution < -0.4 is 10.1 Å². The first-order valence-electron chi connectivity index (χ1n) is 5.35. The molecule has 0 saturated carbocycles. The third-order valence-electron chi connectivity index (χ3n) is 2.25. The van der Waals surface area contributed by atoms with Gasteiger partial charge in [-0.2, -0.15) is 0 Å². The van der Waals surface area contributed by atoms with Crippen molar-refractivity contribution >= 4 is 33.4 Å². The van der Waals surface area contributed by atoms with Gasteiger partial charge in [0, 0.05) is 6.54 Å². The lowest BCUT2D eigenvalue weighted by Gasteiger charge is -2.12. The van der Waals surface area contributed by atoms with Crippen LogP contribution in [0.2, 0.25) is 0 Å². The molecular weight excluding hydrogens is 305 g/mol. The number of amides is 1. The molecule has 0 fully saturated rings. The number of benzene rings is 1. The minimum Gasteiger partial charge on any atom is -0.496 e. The van der Waals surface area contributed by atoms with Crippen LogP contribution in [0, 0.1) is 0 Å². The van der Waals surface area contributed by atoms with Crippen molar-refractivity contribution in [2.24, 2.45) is 0 Å². The second kappa shape index (κ2) is 6.87. The van der Waals surface area contributed by atoms with E-state index >= 15 is 0 Å². The minimum absolute atomic E-state index is 0.175. The molecule has 0 aliphatic carbocycles. The van der Waals surface area contributed by atoms with Crippen LogP contribution in [0.4, 0.5) is 0 Å². The van der Waals surface area contributed by atoms with Crippen molar-refractivity contribution in [2.75, 3.05) is 13.7 Å². The third kappa shape index (κ3) is 3.89. The van der Waals surface area contributed by atoms with E-state index in [4.69, 9.17) is 16.3 Å². The maximum absolute atomic E-state index is 11.7. The Kier molecular flexibility index (Phi) is 5.78. The minimum atomic E-state index is -0.677. The van der Waals surface area contributed by atoms with Crippen molar-refractivity contribution in [3.63, 3.8) is 0 Å². The summed E-state index contributed by atoms with van der Waals surface area (Å²) in [6.07, 6.45) is 0.891. The first kappa shape index (κ1) is 14.3. The van der Waals surface area contributed by atoms with Crippen molar-refractivity contribution in [3.05, 3.63) is 28.2 Å². The summed E-state index contributed by atoms with van der Waals surface area (Å²) in [6, 6.07) is 5.36. The van der Waals surface area contributed by atoms with E-state index in [9.17, 15) is 4.79 Å². The normalized spacial score (nSPS) is 12.0. The van der Waals surface area contributed by atoms with Crippen molar-refractivity contribution < 1.29 is 9.53 Å². The topological polar surface area (TPSA) is 38.3 Å². The fourth-order valence-electron chi connectivity index (χ4n) is 1.33. The molecule has 3 nitrogen and oxygen atoms in total. The van der Waals surface area contributed by atoms with Crippen molar-refractivity contribution in [1.29, 1.82) is 0 Å². The standard InChI is InChI=1S/C12H15BrClNO2/c1-3-6-15-12(16)11(14)8-4-5-10(17-2)9(13)7-8/h4-5,7,11H,3,6H2,1-2H3,(H,15,16). The molecule has 1 atom stereocenters. The van der Waals surface area contributed by atoms with E-state index in [0.717, 1.165) is 16.5 Å². The summed E-state index contributed by atoms with van der Waals surface area (Å²) < 4.78 is 5.90. The van der Waals surface area contributed by atoms with E-state index < -0.39 is 5.38 Å². The lowest BCUT2D eigenvalue weighted by atomic mass is 10.1. The largest absolute Gasteiger partial charge is 0.496 e. The van der Waals surface area contributed by atoms with Gasteiger partial charge < -0.3 is 10.1 Å². The second-order valence-corrected chi connectivity index (χ2v) is 4.84. The molecule has 0 aliphatic heterocycles. The Morgan fingerprint density at radius 3 is 2.82 bits per heavy atom. The van der Waals surface area contributed by atoms with E-state index in [1.165, 1.54) is 0 Å². The molecule has 0 heterocycles. The molecule has 1 rings (SSSR count). The van der Waals surface area contributed by atoms with E-state index in [0.29, 0.717) is 12.3 Å². The zero-order valence-electron chi connectivity index (χ0n) is 9.80. The highest BCUT2D eigenvalue weighted by Crippen LogP contribution is 2.30. The number of hydrogen-bond acceptors (Lipinski definition) is 2. The summed E-state index contributed by atoms with van der Waals surface area (Å²) in [6.45, 7) is 2.63. The molecule has 1 aromatic carbocycles. The molecule has 0 spiro atoms. The highest BCUT2D eigenvalue weighted by atomic mass is 79.9. The summed E-state index contributed by atoms with van der Waals surface area (Å²) in [5.41, 5.74) is 0.743. The molecule has 94 valence electrons. The van der Waals surface area contributed by atoms with Gasteiger partial charge in [0.25, 0.3) is 0 Å². The van der Waals surface area contributed by atoms with Crippen LogP contribution in [0.25, 0.3) is 0 Å². The quantitative estimate of drug-likeness (QED) is 0.846. The molecule has 0 aromatic heterocycles. The number of ether oxygens (including phenoxy) is 1. The Morgan fingerprint density at radius 1 is 1.59 bits per heavy atom. The van der Waals surface area contributed by atoms with Gasteiger partial charge in [-0.3, -0.25) is 4.79 Å². The van der Waals surface area contributed by atoms with E-state index in [1.807, 2.05) is 6.92 Å². The molecule has 5 heteroatoms. The van der Waals surface area contributed by atoms with Crippen LogP contribution in [-0.2, 0) is 4.79 Å². The third-order valence-corrected chi connectivity index (χ3v) is 3.32. The van der Waals surface area contributed by atoms with Gasteiger partial charge in [0.2, 0.25) is 5.91 Å². The van der Waals surface area contributed by atoms with Gasteiger partial charge in [-0.15, -0.1) is 11.6 Å². The summed E-state index contributed by atoms with van der Waals surface area (Å²) in [7, 11) is 1.59. The van der Waals surface area contributed by atoms with Gasteiger partial charge in [-0.05, 0) is 40.0 Å². The maximum Gasteiger partial charge on any atom is 0.242 e. The van der Waals surface area contributed by atoms with Crippen LogP contribution in [0.5, 0.6) is 5.75 Å². The van der Waals surface area contributed by atoms with E-state index in [1.54, 1.807) is 25.3 Å². The maximum atomic E-state index is 11.7. The van der Waals surface area contributed by atoms with Crippen LogP contribution in [0.15, 0.2) is 22.7 Å². The lowest BCUT2D eigenvalue weighted by molar-refractivity contribution is -0.120. The number of nitrogens with one attached hydrogen (secondary N) is 1. The van der Waals surface area contributed by atoms with Gasteiger partial charge in [-0.1, -0.05) is 13.0 Å². The summed E-state index contributed by atoms with van der Waals surface area (Å²) in [4.78, 5) is 11.7. The molecule has 1 N–H and O–H groups in total.